The van der Waals surface area contributed by atoms with Gasteiger partial charge in [0.1, 0.15) is 0 Å². The Morgan fingerprint density at radius 1 is 1.12 bits per heavy atom. The molecule has 0 heterocycles. The number of benzene rings is 1. The molecule has 1 aromatic rings. The van der Waals surface area contributed by atoms with Crippen molar-refractivity contribution in [3.05, 3.63) is 35.4 Å². The molecule has 0 aliphatic rings. The highest BCUT2D eigenvalue weighted by molar-refractivity contribution is 7.81. The summed E-state index contributed by atoms with van der Waals surface area (Å²) in [6.07, 6.45) is 3.67. The SMILES string of the molecule is CCCCCOCc1ccc(C(C)(C)S)cc1. The third-order valence-electron chi connectivity index (χ3n) is 2.82. The van der Waals surface area contributed by atoms with Gasteiger partial charge in [0, 0.05) is 11.4 Å². The Hall–Kier alpha value is -0.470. The van der Waals surface area contributed by atoms with Crippen molar-refractivity contribution in [2.75, 3.05) is 6.61 Å². The van der Waals surface area contributed by atoms with Crippen LogP contribution < -0.4 is 0 Å². The average molecular weight is 252 g/mol. The van der Waals surface area contributed by atoms with Crippen molar-refractivity contribution < 1.29 is 4.74 Å². The van der Waals surface area contributed by atoms with Crippen molar-refractivity contribution in [3.8, 4) is 0 Å². The molecule has 1 rings (SSSR count). The monoisotopic (exact) mass is 252 g/mol. The predicted octanol–water partition coefficient (Wildman–Crippen LogP) is 4.56. The fraction of sp³-hybridized carbons (Fsp3) is 0.600. The van der Waals surface area contributed by atoms with Crippen LogP contribution in [-0.2, 0) is 16.1 Å². The first kappa shape index (κ1) is 14.6. The van der Waals surface area contributed by atoms with Crippen LogP contribution in [0.2, 0.25) is 0 Å². The summed E-state index contributed by atoms with van der Waals surface area (Å²) in [5.74, 6) is 0. The zero-order valence-electron chi connectivity index (χ0n) is 11.2. The number of ether oxygens (including phenoxy) is 1. The van der Waals surface area contributed by atoms with E-state index < -0.39 is 0 Å². The van der Waals surface area contributed by atoms with E-state index in [1.165, 1.54) is 24.0 Å². The Bertz CT molecular complexity index is 311. The van der Waals surface area contributed by atoms with Crippen LogP contribution in [0.3, 0.4) is 0 Å². The smallest absolute Gasteiger partial charge is 0.0716 e. The number of rotatable bonds is 7. The molecule has 0 saturated heterocycles. The highest BCUT2D eigenvalue weighted by Crippen LogP contribution is 2.26. The lowest BCUT2D eigenvalue weighted by atomic mass is 10.0. The second-order valence-corrected chi connectivity index (χ2v) is 6.13. The molecule has 0 unspecified atom stereocenters. The third kappa shape index (κ3) is 5.60. The van der Waals surface area contributed by atoms with E-state index in [0.717, 1.165) is 19.6 Å². The van der Waals surface area contributed by atoms with Crippen molar-refractivity contribution in [3.63, 3.8) is 0 Å². The first-order valence-electron chi connectivity index (χ1n) is 6.43. The second-order valence-electron chi connectivity index (χ2n) is 5.02. The Balaban J connectivity index is 2.36. The molecule has 0 aliphatic heterocycles. The summed E-state index contributed by atoms with van der Waals surface area (Å²) in [6.45, 7) is 8.00. The van der Waals surface area contributed by atoms with Crippen LogP contribution in [-0.4, -0.2) is 6.61 Å². The lowest BCUT2D eigenvalue weighted by molar-refractivity contribution is 0.117. The quantitative estimate of drug-likeness (QED) is 0.553. The van der Waals surface area contributed by atoms with E-state index >= 15 is 0 Å². The van der Waals surface area contributed by atoms with Crippen LogP contribution in [0.4, 0.5) is 0 Å². The molecule has 1 aromatic carbocycles. The van der Waals surface area contributed by atoms with Gasteiger partial charge in [0.25, 0.3) is 0 Å². The molecule has 0 aromatic heterocycles. The molecule has 17 heavy (non-hydrogen) atoms. The van der Waals surface area contributed by atoms with Crippen LogP contribution in [0.1, 0.15) is 51.2 Å². The van der Waals surface area contributed by atoms with E-state index in [1.807, 2.05) is 0 Å². The largest absolute Gasteiger partial charge is 0.377 e. The van der Waals surface area contributed by atoms with Gasteiger partial charge in [0.05, 0.1) is 6.61 Å². The Morgan fingerprint density at radius 2 is 1.76 bits per heavy atom. The van der Waals surface area contributed by atoms with Crippen LogP contribution >= 0.6 is 12.6 Å². The van der Waals surface area contributed by atoms with E-state index in [4.69, 9.17) is 4.74 Å². The fourth-order valence-electron chi connectivity index (χ4n) is 1.65. The minimum absolute atomic E-state index is 0.0689. The van der Waals surface area contributed by atoms with Crippen molar-refractivity contribution >= 4 is 12.6 Å². The zero-order chi connectivity index (χ0) is 12.7. The van der Waals surface area contributed by atoms with Gasteiger partial charge in [-0.25, -0.2) is 0 Å². The van der Waals surface area contributed by atoms with Gasteiger partial charge in [-0.1, -0.05) is 44.0 Å². The standard InChI is InChI=1S/C15H24OS/c1-4-5-6-11-16-12-13-7-9-14(10-8-13)15(2,3)17/h7-10,17H,4-6,11-12H2,1-3H3. The second kappa shape index (κ2) is 7.07. The number of hydrogen-bond donors (Lipinski definition) is 1. The van der Waals surface area contributed by atoms with Gasteiger partial charge in [-0.2, -0.15) is 12.6 Å². The van der Waals surface area contributed by atoms with Gasteiger partial charge in [-0.05, 0) is 31.4 Å². The topological polar surface area (TPSA) is 9.23 Å². The van der Waals surface area contributed by atoms with Gasteiger partial charge in [-0.3, -0.25) is 0 Å². The summed E-state index contributed by atoms with van der Waals surface area (Å²) in [5.41, 5.74) is 2.48. The average Bonchev–Trinajstić information content (AvgIpc) is 2.28. The first-order valence-corrected chi connectivity index (χ1v) is 6.88. The van der Waals surface area contributed by atoms with E-state index in [1.54, 1.807) is 0 Å². The van der Waals surface area contributed by atoms with Crippen LogP contribution in [0.25, 0.3) is 0 Å². The number of unbranched alkanes of at least 4 members (excludes halogenated alkanes) is 2. The van der Waals surface area contributed by atoms with Crippen molar-refractivity contribution in [2.45, 2.75) is 51.4 Å². The lowest BCUT2D eigenvalue weighted by Crippen LogP contribution is -2.07. The molecule has 0 fully saturated rings. The van der Waals surface area contributed by atoms with Gasteiger partial charge < -0.3 is 4.74 Å². The minimum Gasteiger partial charge on any atom is -0.377 e. The van der Waals surface area contributed by atoms with E-state index in [-0.39, 0.29) is 4.75 Å². The maximum atomic E-state index is 5.63. The van der Waals surface area contributed by atoms with Crippen LogP contribution in [0, 0.1) is 0 Å². The molecule has 0 radical (unpaired) electrons. The molecule has 0 saturated carbocycles. The third-order valence-corrected chi connectivity index (χ3v) is 3.08. The normalized spacial score (nSPS) is 11.8. The first-order chi connectivity index (χ1) is 8.04. The summed E-state index contributed by atoms with van der Waals surface area (Å²) in [5, 5.41) is 0. The zero-order valence-corrected chi connectivity index (χ0v) is 12.1. The molecular formula is C15H24OS. The van der Waals surface area contributed by atoms with Gasteiger partial charge in [0.2, 0.25) is 0 Å². The summed E-state index contributed by atoms with van der Waals surface area (Å²) in [6, 6.07) is 8.54. The van der Waals surface area contributed by atoms with Gasteiger partial charge in [-0.15, -0.1) is 0 Å². The predicted molar refractivity (Wildman–Crippen MR) is 77.6 cm³/mol. The highest BCUT2D eigenvalue weighted by Gasteiger charge is 2.13. The summed E-state index contributed by atoms with van der Waals surface area (Å²) in [7, 11) is 0. The van der Waals surface area contributed by atoms with Crippen molar-refractivity contribution in [1.82, 2.24) is 0 Å². The van der Waals surface area contributed by atoms with E-state index in [0.29, 0.717) is 0 Å². The molecule has 2 heteroatoms. The maximum absolute atomic E-state index is 5.63. The molecule has 0 amide bonds. The summed E-state index contributed by atoms with van der Waals surface area (Å²) >= 11 is 4.56. The molecule has 0 spiro atoms. The van der Waals surface area contributed by atoms with Crippen LogP contribution in [0.5, 0.6) is 0 Å². The minimum atomic E-state index is -0.0689. The van der Waals surface area contributed by atoms with Crippen LogP contribution in [0.15, 0.2) is 24.3 Å². The number of hydrogen-bond acceptors (Lipinski definition) is 2. The van der Waals surface area contributed by atoms with Gasteiger partial charge >= 0.3 is 0 Å². The fourth-order valence-corrected chi connectivity index (χ4v) is 1.80. The molecule has 0 N–H and O–H groups in total. The number of thiol groups is 1. The molecule has 1 nitrogen and oxygen atoms in total. The lowest BCUT2D eigenvalue weighted by Gasteiger charge is -2.18. The van der Waals surface area contributed by atoms with Gasteiger partial charge in [0.15, 0.2) is 0 Å². The van der Waals surface area contributed by atoms with E-state index in [9.17, 15) is 0 Å². The Morgan fingerprint density at radius 3 is 2.29 bits per heavy atom. The molecule has 0 atom stereocenters. The molecular weight excluding hydrogens is 228 g/mol. The summed E-state index contributed by atoms with van der Waals surface area (Å²) < 4.78 is 5.56. The van der Waals surface area contributed by atoms with E-state index in [2.05, 4.69) is 57.7 Å². The molecule has 0 bridgehead atoms. The maximum Gasteiger partial charge on any atom is 0.0716 e. The Labute approximate surface area is 111 Å². The Kier molecular flexibility index (Phi) is 6.07. The molecule has 0 aliphatic carbocycles. The summed E-state index contributed by atoms with van der Waals surface area (Å²) in [4.78, 5) is 0. The van der Waals surface area contributed by atoms with Crippen molar-refractivity contribution in [2.24, 2.45) is 0 Å². The highest BCUT2D eigenvalue weighted by atomic mass is 32.1. The molecule has 96 valence electrons. The van der Waals surface area contributed by atoms with Crippen molar-refractivity contribution in [1.29, 1.82) is 0 Å².